The molecule has 0 aliphatic carbocycles. The molecule has 1 amide bonds. The van der Waals surface area contributed by atoms with E-state index in [1.54, 1.807) is 0 Å². The van der Waals surface area contributed by atoms with E-state index in [2.05, 4.69) is 20.8 Å². The number of nitrogens with one attached hydrogen (secondary N) is 2. The predicted octanol–water partition coefficient (Wildman–Crippen LogP) is 5.40. The molecule has 1 aromatic heterocycles. The molecule has 4 rings (SSSR count). The Balaban J connectivity index is 1.50. The smallest absolute Gasteiger partial charge is 0.237 e. The minimum atomic E-state index is -0.362. The zero-order chi connectivity index (χ0) is 23.8. The highest BCUT2D eigenvalue weighted by molar-refractivity contribution is 8.00. The van der Waals surface area contributed by atoms with Gasteiger partial charge < -0.3 is 15.4 Å². The van der Waals surface area contributed by atoms with Crippen molar-refractivity contribution in [1.82, 2.24) is 14.8 Å². The standard InChI is InChI=1S/C26H27N5O2S/c1-3-33-23-16-14-20(15-17-23)27-18-24-29-30-26(31(24)22-12-8-5-9-13-22)34-19(2)25(32)28-21-10-6-4-7-11-21/h4-17,19,27H,3,18H2,1-2H3,(H,28,32)/t19-/m1/s1. The summed E-state index contributed by atoms with van der Waals surface area (Å²) in [7, 11) is 0. The highest BCUT2D eigenvalue weighted by Gasteiger charge is 2.21. The van der Waals surface area contributed by atoms with Crippen LogP contribution in [0.25, 0.3) is 5.69 Å². The van der Waals surface area contributed by atoms with E-state index in [1.807, 2.05) is 103 Å². The molecule has 1 heterocycles. The van der Waals surface area contributed by atoms with E-state index in [0.29, 0.717) is 18.3 Å². The van der Waals surface area contributed by atoms with Crippen molar-refractivity contribution in [2.24, 2.45) is 0 Å². The van der Waals surface area contributed by atoms with Crippen molar-refractivity contribution in [3.63, 3.8) is 0 Å². The second-order valence-corrected chi connectivity index (χ2v) is 8.80. The Morgan fingerprint density at radius 2 is 1.62 bits per heavy atom. The average Bonchev–Trinajstić information content (AvgIpc) is 3.27. The summed E-state index contributed by atoms with van der Waals surface area (Å²) in [6.45, 7) is 4.94. The number of benzene rings is 3. The molecule has 0 bridgehead atoms. The molecule has 1 atom stereocenters. The van der Waals surface area contributed by atoms with Crippen LogP contribution in [-0.4, -0.2) is 32.5 Å². The Morgan fingerprint density at radius 1 is 0.941 bits per heavy atom. The van der Waals surface area contributed by atoms with Gasteiger partial charge in [-0.3, -0.25) is 9.36 Å². The highest BCUT2D eigenvalue weighted by Crippen LogP contribution is 2.27. The molecular formula is C26H27N5O2S. The first kappa shape index (κ1) is 23.4. The van der Waals surface area contributed by atoms with E-state index in [0.717, 1.165) is 28.6 Å². The molecule has 0 aliphatic rings. The Kier molecular flexibility index (Phi) is 7.83. The topological polar surface area (TPSA) is 81.1 Å². The van der Waals surface area contributed by atoms with Crippen LogP contribution in [0.3, 0.4) is 0 Å². The molecule has 0 radical (unpaired) electrons. The molecule has 0 spiro atoms. The fourth-order valence-electron chi connectivity index (χ4n) is 3.32. The Labute approximate surface area is 203 Å². The van der Waals surface area contributed by atoms with Crippen molar-refractivity contribution in [1.29, 1.82) is 0 Å². The molecule has 4 aromatic rings. The van der Waals surface area contributed by atoms with Gasteiger partial charge in [-0.15, -0.1) is 10.2 Å². The monoisotopic (exact) mass is 473 g/mol. The highest BCUT2D eigenvalue weighted by atomic mass is 32.2. The Morgan fingerprint density at radius 3 is 2.29 bits per heavy atom. The number of rotatable bonds is 10. The Bertz CT molecular complexity index is 1200. The van der Waals surface area contributed by atoms with E-state index in [9.17, 15) is 4.79 Å². The lowest BCUT2D eigenvalue weighted by molar-refractivity contribution is -0.115. The van der Waals surface area contributed by atoms with Gasteiger partial charge in [-0.05, 0) is 62.4 Å². The second-order valence-electron chi connectivity index (χ2n) is 7.50. The van der Waals surface area contributed by atoms with Gasteiger partial charge in [-0.25, -0.2) is 0 Å². The summed E-state index contributed by atoms with van der Waals surface area (Å²) in [6, 6.07) is 27.2. The summed E-state index contributed by atoms with van der Waals surface area (Å²) in [5, 5.41) is 15.5. The third kappa shape index (κ3) is 5.96. The van der Waals surface area contributed by atoms with Crippen molar-refractivity contribution in [3.8, 4) is 11.4 Å². The van der Waals surface area contributed by atoms with Gasteiger partial charge in [-0.2, -0.15) is 0 Å². The molecule has 8 heteroatoms. The van der Waals surface area contributed by atoms with Gasteiger partial charge in [0, 0.05) is 17.1 Å². The first-order valence-corrected chi connectivity index (χ1v) is 12.0. The number of para-hydroxylation sites is 2. The number of nitrogens with zero attached hydrogens (tertiary/aromatic N) is 3. The van der Waals surface area contributed by atoms with Gasteiger partial charge in [-0.1, -0.05) is 48.2 Å². The summed E-state index contributed by atoms with van der Waals surface area (Å²) in [4.78, 5) is 12.7. The number of anilines is 2. The van der Waals surface area contributed by atoms with Crippen LogP contribution in [0.1, 0.15) is 19.7 Å². The fraction of sp³-hybridized carbons (Fsp3) is 0.192. The molecule has 0 unspecified atom stereocenters. The first-order chi connectivity index (χ1) is 16.6. The van der Waals surface area contributed by atoms with Crippen LogP contribution < -0.4 is 15.4 Å². The van der Waals surface area contributed by atoms with E-state index >= 15 is 0 Å². The summed E-state index contributed by atoms with van der Waals surface area (Å²) >= 11 is 1.38. The van der Waals surface area contributed by atoms with Crippen molar-refractivity contribution in [2.75, 3.05) is 17.2 Å². The van der Waals surface area contributed by atoms with Gasteiger partial charge in [0.25, 0.3) is 0 Å². The molecule has 0 saturated heterocycles. The number of amides is 1. The molecule has 174 valence electrons. The number of hydrogen-bond donors (Lipinski definition) is 2. The number of carbonyl (C=O) groups excluding carboxylic acids is 1. The molecule has 2 N–H and O–H groups in total. The molecule has 34 heavy (non-hydrogen) atoms. The third-order valence-electron chi connectivity index (χ3n) is 5.02. The first-order valence-electron chi connectivity index (χ1n) is 11.1. The van der Waals surface area contributed by atoms with Crippen LogP contribution in [0, 0.1) is 0 Å². The maximum absolute atomic E-state index is 12.7. The van der Waals surface area contributed by atoms with Crippen LogP contribution in [0.5, 0.6) is 5.75 Å². The van der Waals surface area contributed by atoms with Gasteiger partial charge in [0.15, 0.2) is 11.0 Å². The van der Waals surface area contributed by atoms with Crippen LogP contribution in [0.4, 0.5) is 11.4 Å². The van der Waals surface area contributed by atoms with E-state index in [4.69, 9.17) is 4.74 Å². The number of aromatic nitrogens is 3. The summed E-state index contributed by atoms with van der Waals surface area (Å²) in [5.41, 5.74) is 2.66. The maximum atomic E-state index is 12.7. The minimum absolute atomic E-state index is 0.0899. The normalized spacial score (nSPS) is 11.6. The quantitative estimate of drug-likeness (QED) is 0.300. The molecular weight excluding hydrogens is 446 g/mol. The minimum Gasteiger partial charge on any atom is -0.494 e. The molecule has 0 aliphatic heterocycles. The lowest BCUT2D eigenvalue weighted by atomic mass is 10.3. The molecule has 3 aromatic carbocycles. The van der Waals surface area contributed by atoms with Crippen molar-refractivity contribution in [2.45, 2.75) is 30.8 Å². The fourth-order valence-corrected chi connectivity index (χ4v) is 4.21. The van der Waals surface area contributed by atoms with Crippen LogP contribution in [0.2, 0.25) is 0 Å². The van der Waals surface area contributed by atoms with Gasteiger partial charge in [0.1, 0.15) is 5.75 Å². The largest absolute Gasteiger partial charge is 0.494 e. The lowest BCUT2D eigenvalue weighted by Crippen LogP contribution is -2.23. The Hall–Kier alpha value is -3.78. The molecule has 7 nitrogen and oxygen atoms in total. The average molecular weight is 474 g/mol. The third-order valence-corrected chi connectivity index (χ3v) is 6.07. The number of hydrogen-bond acceptors (Lipinski definition) is 6. The van der Waals surface area contributed by atoms with Crippen molar-refractivity contribution >= 4 is 29.0 Å². The summed E-state index contributed by atoms with van der Waals surface area (Å²) < 4.78 is 7.49. The second kappa shape index (κ2) is 11.4. The van der Waals surface area contributed by atoms with Crippen LogP contribution >= 0.6 is 11.8 Å². The van der Waals surface area contributed by atoms with Crippen LogP contribution in [0.15, 0.2) is 90.1 Å². The van der Waals surface area contributed by atoms with Gasteiger partial charge >= 0.3 is 0 Å². The van der Waals surface area contributed by atoms with E-state index < -0.39 is 0 Å². The molecule has 0 fully saturated rings. The molecule has 0 saturated carbocycles. The van der Waals surface area contributed by atoms with E-state index in [-0.39, 0.29) is 11.2 Å². The van der Waals surface area contributed by atoms with Gasteiger partial charge in [0.2, 0.25) is 5.91 Å². The maximum Gasteiger partial charge on any atom is 0.237 e. The number of thioether (sulfide) groups is 1. The van der Waals surface area contributed by atoms with Crippen molar-refractivity contribution < 1.29 is 9.53 Å². The number of ether oxygens (including phenoxy) is 1. The van der Waals surface area contributed by atoms with Gasteiger partial charge in [0.05, 0.1) is 18.4 Å². The SMILES string of the molecule is CCOc1ccc(NCc2nnc(S[C@H](C)C(=O)Nc3ccccc3)n2-c2ccccc2)cc1. The van der Waals surface area contributed by atoms with E-state index in [1.165, 1.54) is 11.8 Å². The zero-order valence-corrected chi connectivity index (χ0v) is 20.0. The van der Waals surface area contributed by atoms with Crippen molar-refractivity contribution in [3.05, 3.63) is 90.8 Å². The number of carbonyl (C=O) groups is 1. The lowest BCUT2D eigenvalue weighted by Gasteiger charge is -2.14. The zero-order valence-electron chi connectivity index (χ0n) is 19.1. The van der Waals surface area contributed by atoms with Crippen LogP contribution in [-0.2, 0) is 11.3 Å². The predicted molar refractivity (Wildman–Crippen MR) is 137 cm³/mol. The summed E-state index contributed by atoms with van der Waals surface area (Å²) in [5.74, 6) is 1.49. The summed E-state index contributed by atoms with van der Waals surface area (Å²) in [6.07, 6.45) is 0.